The number of rotatable bonds is 6. The number of furan rings is 1. The molecule has 69 heavy (non-hydrogen) atoms. The van der Waals surface area contributed by atoms with Crippen molar-refractivity contribution >= 4 is 54.5 Å². The van der Waals surface area contributed by atoms with Gasteiger partial charge >= 0.3 is 0 Å². The van der Waals surface area contributed by atoms with Gasteiger partial charge in [0, 0.05) is 54.9 Å². The lowest BCUT2D eigenvalue weighted by molar-refractivity contribution is 0.661. The Hall–Kier alpha value is -8.93. The van der Waals surface area contributed by atoms with Crippen molar-refractivity contribution in [2.75, 3.05) is 0 Å². The summed E-state index contributed by atoms with van der Waals surface area (Å²) in [5, 5.41) is 7.07. The smallest absolute Gasteiger partial charge is 0.164 e. The monoisotopic (exact) mass is 882 g/mol. The molecule has 3 heterocycles. The van der Waals surface area contributed by atoms with Crippen molar-refractivity contribution in [1.29, 1.82) is 0 Å². The molecule has 0 amide bonds. The van der Waals surface area contributed by atoms with Crippen molar-refractivity contribution in [1.82, 2.24) is 19.5 Å². The van der Waals surface area contributed by atoms with Gasteiger partial charge in [0.15, 0.2) is 17.5 Å². The van der Waals surface area contributed by atoms with Crippen LogP contribution in [0.25, 0.3) is 128 Å². The Bertz CT molecular complexity index is 4220. The van der Waals surface area contributed by atoms with Gasteiger partial charge in [0.1, 0.15) is 11.2 Å². The molecule has 0 fully saturated rings. The van der Waals surface area contributed by atoms with E-state index < -0.39 is 0 Å². The second-order valence-corrected chi connectivity index (χ2v) is 18.8. The van der Waals surface area contributed by atoms with Gasteiger partial charge < -0.3 is 8.98 Å². The topological polar surface area (TPSA) is 56.7 Å². The average molecular weight is 883 g/mol. The summed E-state index contributed by atoms with van der Waals surface area (Å²) in [7, 11) is 0. The van der Waals surface area contributed by atoms with Crippen molar-refractivity contribution in [3.63, 3.8) is 0 Å². The Morgan fingerprint density at radius 2 is 1.00 bits per heavy atom. The molecule has 10 aromatic carbocycles. The maximum absolute atomic E-state index is 6.34. The van der Waals surface area contributed by atoms with Gasteiger partial charge in [-0.2, -0.15) is 0 Å². The lowest BCUT2D eigenvalue weighted by Crippen LogP contribution is -2.14. The number of benzene rings is 10. The first-order chi connectivity index (χ1) is 33.9. The normalized spacial score (nSPS) is 12.9. The number of hydrogen-bond donors (Lipinski definition) is 0. The zero-order valence-corrected chi connectivity index (χ0v) is 38.0. The fourth-order valence-electron chi connectivity index (χ4n) is 11.1. The molecule has 5 heteroatoms. The van der Waals surface area contributed by atoms with Crippen LogP contribution in [0.15, 0.2) is 223 Å². The molecular weight excluding hydrogens is 841 g/mol. The first kappa shape index (κ1) is 39.3. The van der Waals surface area contributed by atoms with Gasteiger partial charge in [-0.05, 0) is 98.2 Å². The summed E-state index contributed by atoms with van der Waals surface area (Å²) in [6.45, 7) is 4.72. The minimum absolute atomic E-state index is 0.127. The molecule has 0 N–H and O–H groups in total. The predicted octanol–water partition coefficient (Wildman–Crippen LogP) is 16.7. The number of nitrogens with zero attached hydrogens (tertiary/aromatic N) is 4. The quantitative estimate of drug-likeness (QED) is 0.167. The molecule has 0 atom stereocenters. The largest absolute Gasteiger partial charge is 0.456 e. The fraction of sp³-hybridized carbons (Fsp3) is 0.0469. The van der Waals surface area contributed by atoms with Crippen LogP contribution in [-0.2, 0) is 5.41 Å². The first-order valence-electron chi connectivity index (χ1n) is 23.6. The molecule has 0 unspecified atom stereocenters. The molecule has 13 aromatic rings. The van der Waals surface area contributed by atoms with E-state index in [1.54, 1.807) is 0 Å². The second kappa shape index (κ2) is 15.0. The highest BCUT2D eigenvalue weighted by Crippen LogP contribution is 2.53. The van der Waals surface area contributed by atoms with Crippen LogP contribution in [0.4, 0.5) is 0 Å². The van der Waals surface area contributed by atoms with E-state index in [4.69, 9.17) is 19.4 Å². The van der Waals surface area contributed by atoms with Gasteiger partial charge in [-0.15, -0.1) is 0 Å². The van der Waals surface area contributed by atoms with E-state index in [0.29, 0.717) is 17.5 Å². The summed E-state index contributed by atoms with van der Waals surface area (Å²) in [6.07, 6.45) is 0. The van der Waals surface area contributed by atoms with Gasteiger partial charge in [-0.25, -0.2) is 15.0 Å². The molecule has 1 aliphatic rings. The number of hydrogen-bond acceptors (Lipinski definition) is 4. The zero-order valence-electron chi connectivity index (χ0n) is 38.0. The minimum atomic E-state index is -0.127. The summed E-state index contributed by atoms with van der Waals surface area (Å²) in [5.41, 5.74) is 17.5. The number of fused-ring (bicyclic) bond motifs is 11. The van der Waals surface area contributed by atoms with Crippen molar-refractivity contribution < 1.29 is 4.42 Å². The van der Waals surface area contributed by atoms with E-state index in [-0.39, 0.29) is 5.41 Å². The van der Waals surface area contributed by atoms with Gasteiger partial charge in [0.05, 0.1) is 11.0 Å². The van der Waals surface area contributed by atoms with E-state index in [0.717, 1.165) is 55.3 Å². The van der Waals surface area contributed by atoms with E-state index in [1.165, 1.54) is 66.1 Å². The van der Waals surface area contributed by atoms with E-state index in [9.17, 15) is 0 Å². The minimum Gasteiger partial charge on any atom is -0.456 e. The van der Waals surface area contributed by atoms with Crippen LogP contribution >= 0.6 is 0 Å². The van der Waals surface area contributed by atoms with Crippen LogP contribution in [0.2, 0.25) is 0 Å². The van der Waals surface area contributed by atoms with Crippen LogP contribution in [0.5, 0.6) is 0 Å². The molecule has 0 bridgehead atoms. The summed E-state index contributed by atoms with van der Waals surface area (Å²) in [4.78, 5) is 15.5. The molecule has 0 radical (unpaired) electrons. The predicted molar refractivity (Wildman–Crippen MR) is 284 cm³/mol. The molecule has 5 nitrogen and oxygen atoms in total. The molecule has 3 aromatic heterocycles. The maximum Gasteiger partial charge on any atom is 0.164 e. The van der Waals surface area contributed by atoms with Crippen LogP contribution < -0.4 is 0 Å². The van der Waals surface area contributed by atoms with Gasteiger partial charge in [0.2, 0.25) is 0 Å². The Morgan fingerprint density at radius 1 is 0.377 bits per heavy atom. The molecule has 0 saturated carbocycles. The summed E-state index contributed by atoms with van der Waals surface area (Å²) in [6, 6.07) is 78.1. The standard InChI is InChI=1S/C64H42N4O/c1-64(2)54-32-29-43(37-53(54)59-47-22-10-9-17-40(47)28-33-55(59)64)48-24-14-25-51-52-36-42(39-15-5-3-6-16-39)30-34-56(52)68(60(48)51)46-21-13-20-44(35-46)62-65-61(41-18-7-4-8-19-41)66-63(67-62)45-27-31-50-49-23-11-12-26-57(49)69-58(50)38-45/h3-38H,1-2H3. The van der Waals surface area contributed by atoms with E-state index in [1.807, 2.05) is 54.6 Å². The maximum atomic E-state index is 6.34. The van der Waals surface area contributed by atoms with Crippen LogP contribution in [0.3, 0.4) is 0 Å². The van der Waals surface area contributed by atoms with Gasteiger partial charge in [-0.1, -0.05) is 184 Å². The number of aromatic nitrogens is 4. The van der Waals surface area contributed by atoms with Crippen LogP contribution in [0.1, 0.15) is 25.0 Å². The molecular formula is C64H42N4O. The summed E-state index contributed by atoms with van der Waals surface area (Å²) in [5.74, 6) is 1.77. The SMILES string of the molecule is CC1(C)c2ccc(-c3cccc4c5cc(-c6ccccc6)ccc5n(-c5cccc(-c6nc(-c7ccccc7)nc(-c7ccc8c(c7)oc7ccccc78)n6)c5)c34)cc2-c2c1ccc1ccccc21. The Morgan fingerprint density at radius 3 is 1.83 bits per heavy atom. The summed E-state index contributed by atoms with van der Waals surface area (Å²) < 4.78 is 8.77. The molecule has 14 rings (SSSR count). The second-order valence-electron chi connectivity index (χ2n) is 18.8. The number of para-hydroxylation sites is 2. The third kappa shape index (κ3) is 6.14. The Balaban J connectivity index is 0.980. The van der Waals surface area contributed by atoms with Gasteiger partial charge in [-0.3, -0.25) is 0 Å². The van der Waals surface area contributed by atoms with Crippen LogP contribution in [0, 0.1) is 0 Å². The van der Waals surface area contributed by atoms with Crippen molar-refractivity contribution in [2.24, 2.45) is 0 Å². The third-order valence-electron chi connectivity index (χ3n) is 14.4. The first-order valence-corrected chi connectivity index (χ1v) is 23.6. The van der Waals surface area contributed by atoms with Crippen molar-refractivity contribution in [3.8, 4) is 73.2 Å². The fourth-order valence-corrected chi connectivity index (χ4v) is 11.1. The Kier molecular flexibility index (Phi) is 8.56. The molecule has 0 spiro atoms. The lowest BCUT2D eigenvalue weighted by atomic mass is 9.82. The Labute approximate surface area is 398 Å². The molecule has 1 aliphatic carbocycles. The third-order valence-corrected chi connectivity index (χ3v) is 14.4. The zero-order chi connectivity index (χ0) is 45.8. The highest BCUT2D eigenvalue weighted by atomic mass is 16.3. The lowest BCUT2D eigenvalue weighted by Gasteiger charge is -2.21. The average Bonchev–Trinajstić information content (AvgIpc) is 4.03. The molecule has 0 aliphatic heterocycles. The highest BCUT2D eigenvalue weighted by Gasteiger charge is 2.36. The molecule has 324 valence electrons. The highest BCUT2D eigenvalue weighted by molar-refractivity contribution is 6.15. The van der Waals surface area contributed by atoms with E-state index >= 15 is 0 Å². The van der Waals surface area contributed by atoms with Crippen LogP contribution in [-0.4, -0.2) is 19.5 Å². The summed E-state index contributed by atoms with van der Waals surface area (Å²) >= 11 is 0. The van der Waals surface area contributed by atoms with Crippen molar-refractivity contribution in [2.45, 2.75) is 19.3 Å². The van der Waals surface area contributed by atoms with Crippen molar-refractivity contribution in [3.05, 3.63) is 230 Å². The van der Waals surface area contributed by atoms with E-state index in [2.05, 4.69) is 182 Å². The van der Waals surface area contributed by atoms with Gasteiger partial charge in [0.25, 0.3) is 0 Å². The molecule has 0 saturated heterocycles.